The molecule has 16 aromatic rings. The maximum atomic E-state index is 2.43. The van der Waals surface area contributed by atoms with Gasteiger partial charge in [0.15, 0.2) is 0 Å². The van der Waals surface area contributed by atoms with Crippen molar-refractivity contribution in [1.29, 1.82) is 0 Å². The maximum Gasteiger partial charge on any atom is 0.0541 e. The smallest absolute Gasteiger partial charge is 0.0541 e. The zero-order valence-electron chi connectivity index (χ0n) is 41.1. The molecule has 76 heavy (non-hydrogen) atoms. The van der Waals surface area contributed by atoms with Crippen LogP contribution in [0, 0.1) is 0 Å². The quantitative estimate of drug-likeness (QED) is 0.151. The van der Waals surface area contributed by atoms with E-state index in [9.17, 15) is 0 Å². The first kappa shape index (κ1) is 43.1. The molecule has 4 heteroatoms. The van der Waals surface area contributed by atoms with Gasteiger partial charge in [-0.15, -0.1) is 22.7 Å². The van der Waals surface area contributed by atoms with E-state index in [-0.39, 0.29) is 0 Å². The fourth-order valence-electron chi connectivity index (χ4n) is 12.0. The fourth-order valence-corrected chi connectivity index (χ4v) is 14.1. The highest BCUT2D eigenvalue weighted by Crippen LogP contribution is 2.44. The lowest BCUT2D eigenvalue weighted by atomic mass is 9.97. The lowest BCUT2D eigenvalue weighted by Crippen LogP contribution is -1.93. The van der Waals surface area contributed by atoms with Crippen LogP contribution in [0.5, 0.6) is 0 Å². The van der Waals surface area contributed by atoms with Crippen LogP contribution >= 0.6 is 22.7 Å². The number of nitrogens with zero attached hydrogens (tertiary/aromatic N) is 2. The van der Waals surface area contributed by atoms with Crippen molar-refractivity contribution in [1.82, 2.24) is 9.13 Å². The Kier molecular flexibility index (Phi) is 9.71. The van der Waals surface area contributed by atoms with Crippen LogP contribution in [0.15, 0.2) is 267 Å². The second-order valence-electron chi connectivity index (χ2n) is 20.0. The number of rotatable bonds is 7. The van der Waals surface area contributed by atoms with E-state index in [0.29, 0.717) is 0 Å². The Labute approximate surface area is 446 Å². The van der Waals surface area contributed by atoms with Gasteiger partial charge in [0.2, 0.25) is 0 Å². The molecule has 0 bridgehead atoms. The minimum Gasteiger partial charge on any atom is -0.309 e. The molecular weight excluding hydrogens is 957 g/mol. The minimum atomic E-state index is 1.15. The molecule has 0 fully saturated rings. The van der Waals surface area contributed by atoms with Crippen LogP contribution in [-0.2, 0) is 0 Å². The molecule has 0 aliphatic heterocycles. The molecule has 2 nitrogen and oxygen atoms in total. The van der Waals surface area contributed by atoms with Gasteiger partial charge in [-0.25, -0.2) is 0 Å². The van der Waals surface area contributed by atoms with Crippen molar-refractivity contribution in [3.63, 3.8) is 0 Å². The highest BCUT2D eigenvalue weighted by atomic mass is 32.1. The molecule has 16 rings (SSSR count). The van der Waals surface area contributed by atoms with Gasteiger partial charge in [0.1, 0.15) is 0 Å². The van der Waals surface area contributed by atoms with E-state index in [1.807, 2.05) is 22.7 Å². The van der Waals surface area contributed by atoms with Crippen molar-refractivity contribution < 1.29 is 0 Å². The van der Waals surface area contributed by atoms with Gasteiger partial charge in [0.25, 0.3) is 0 Å². The van der Waals surface area contributed by atoms with E-state index in [4.69, 9.17) is 0 Å². The van der Waals surface area contributed by atoms with Crippen LogP contribution in [0.1, 0.15) is 0 Å². The van der Waals surface area contributed by atoms with E-state index in [2.05, 4.69) is 276 Å². The van der Waals surface area contributed by atoms with E-state index in [1.54, 1.807) is 0 Å². The van der Waals surface area contributed by atoms with Crippen molar-refractivity contribution in [2.24, 2.45) is 0 Å². The Balaban J connectivity index is 0.845. The molecule has 12 aromatic carbocycles. The van der Waals surface area contributed by atoms with Crippen LogP contribution in [0.25, 0.3) is 151 Å². The van der Waals surface area contributed by atoms with Crippen LogP contribution < -0.4 is 0 Å². The molecule has 0 aliphatic rings. The molecular formula is C72H44N2S2. The predicted molar refractivity (Wildman–Crippen MR) is 328 cm³/mol. The van der Waals surface area contributed by atoms with Crippen LogP contribution in [0.3, 0.4) is 0 Å². The van der Waals surface area contributed by atoms with Crippen LogP contribution in [0.4, 0.5) is 0 Å². The molecule has 0 amide bonds. The standard InChI is InChI=1S/C72H44N2S2/c1-5-13-45(14-6-1)47-25-33-69-61(41-47)63-43-53(27-35-71(63)75-69)51-23-31-67-59(39-51)57-37-49(21-29-65(57)73(67)55-17-9-3-10-18-55)50-22-30-66-58(38-50)60-40-52(24-32-68(60)74(66)56-19-11-4-12-20-56)54-28-36-72-64(44-54)62-42-48(26-34-70(62)76-72)46-15-7-2-8-16-46/h1-44H. The van der Waals surface area contributed by atoms with Crippen LogP contribution in [-0.4, -0.2) is 9.13 Å². The summed E-state index contributed by atoms with van der Waals surface area (Å²) < 4.78 is 10.1. The molecule has 0 radical (unpaired) electrons. The summed E-state index contributed by atoms with van der Waals surface area (Å²) in [6, 6.07) is 99.1. The number of para-hydroxylation sites is 2. The first-order valence-electron chi connectivity index (χ1n) is 26.0. The summed E-state index contributed by atoms with van der Waals surface area (Å²) in [6.07, 6.45) is 0. The third-order valence-corrected chi connectivity index (χ3v) is 18.0. The largest absolute Gasteiger partial charge is 0.309 e. The summed E-state index contributed by atoms with van der Waals surface area (Å²) in [4.78, 5) is 0. The van der Waals surface area contributed by atoms with Gasteiger partial charge in [-0.1, -0.05) is 146 Å². The minimum absolute atomic E-state index is 1.15. The lowest BCUT2D eigenvalue weighted by molar-refractivity contribution is 1.18. The molecule has 0 N–H and O–H groups in total. The predicted octanol–water partition coefficient (Wildman–Crippen LogP) is 21.0. The number of fused-ring (bicyclic) bond motifs is 12. The Morgan fingerprint density at radius 3 is 0.684 bits per heavy atom. The summed E-state index contributed by atoms with van der Waals surface area (Å²) >= 11 is 3.74. The van der Waals surface area contributed by atoms with Crippen molar-refractivity contribution in [3.05, 3.63) is 267 Å². The molecule has 0 spiro atoms. The van der Waals surface area contributed by atoms with Gasteiger partial charge in [0, 0.05) is 73.3 Å². The van der Waals surface area contributed by atoms with E-state index >= 15 is 0 Å². The van der Waals surface area contributed by atoms with E-state index in [1.165, 1.54) is 140 Å². The topological polar surface area (TPSA) is 9.86 Å². The summed E-state index contributed by atoms with van der Waals surface area (Å²) in [5.41, 5.74) is 19.3. The SMILES string of the molecule is c1ccc(-c2ccc3sc4ccc(-c5ccc6c(c5)c5cc(-c7ccc8c(c7)c7cc(-c9ccc%10sc%11ccc(-c%12ccccc%12)cc%11c%10c9)ccc7n8-c7ccccc7)ccc5n6-c5ccccc5)cc4c3c2)cc1. The maximum absolute atomic E-state index is 2.43. The van der Waals surface area contributed by atoms with Crippen molar-refractivity contribution >= 4 is 107 Å². The first-order valence-corrected chi connectivity index (χ1v) is 27.6. The van der Waals surface area contributed by atoms with Gasteiger partial charge in [0.05, 0.1) is 22.1 Å². The normalized spacial score (nSPS) is 11.9. The van der Waals surface area contributed by atoms with Crippen molar-refractivity contribution in [2.75, 3.05) is 0 Å². The summed E-state index contributed by atoms with van der Waals surface area (Å²) in [6.45, 7) is 0. The highest BCUT2D eigenvalue weighted by molar-refractivity contribution is 7.26. The zero-order valence-corrected chi connectivity index (χ0v) is 42.7. The fraction of sp³-hybridized carbons (Fsp3) is 0. The van der Waals surface area contributed by atoms with Gasteiger partial charge in [-0.05, 0) is 177 Å². The lowest BCUT2D eigenvalue weighted by Gasteiger charge is -2.09. The molecule has 4 aromatic heterocycles. The van der Waals surface area contributed by atoms with Gasteiger partial charge in [-0.2, -0.15) is 0 Å². The number of benzene rings is 12. The third-order valence-electron chi connectivity index (χ3n) is 15.7. The average molecular weight is 1000 g/mol. The van der Waals surface area contributed by atoms with Gasteiger partial charge in [-0.3, -0.25) is 0 Å². The molecule has 4 heterocycles. The highest BCUT2D eigenvalue weighted by Gasteiger charge is 2.19. The Bertz CT molecular complexity index is 4650. The van der Waals surface area contributed by atoms with Gasteiger partial charge < -0.3 is 9.13 Å². The second kappa shape index (κ2) is 17.1. The monoisotopic (exact) mass is 1000 g/mol. The first-order chi connectivity index (χ1) is 37.6. The summed E-state index contributed by atoms with van der Waals surface area (Å²) in [5.74, 6) is 0. The molecule has 0 atom stereocenters. The number of hydrogen-bond acceptors (Lipinski definition) is 2. The molecule has 0 unspecified atom stereocenters. The molecule has 0 saturated carbocycles. The Morgan fingerprint density at radius 2 is 0.408 bits per heavy atom. The van der Waals surface area contributed by atoms with E-state index < -0.39 is 0 Å². The number of thiophene rings is 2. The molecule has 0 aliphatic carbocycles. The summed E-state index contributed by atoms with van der Waals surface area (Å²) in [7, 11) is 0. The van der Waals surface area contributed by atoms with E-state index in [0.717, 1.165) is 11.4 Å². The second-order valence-corrected chi connectivity index (χ2v) is 22.2. The number of aromatic nitrogens is 2. The third kappa shape index (κ3) is 6.92. The zero-order chi connectivity index (χ0) is 49.8. The van der Waals surface area contributed by atoms with Gasteiger partial charge >= 0.3 is 0 Å². The van der Waals surface area contributed by atoms with Crippen molar-refractivity contribution in [2.45, 2.75) is 0 Å². The molecule has 0 saturated heterocycles. The summed E-state index contributed by atoms with van der Waals surface area (Å²) in [5, 5.41) is 10.1. The average Bonchev–Trinajstić information content (AvgIpc) is 4.30. The number of hydrogen-bond donors (Lipinski definition) is 0. The van der Waals surface area contributed by atoms with Crippen LogP contribution in [0.2, 0.25) is 0 Å². The Hall–Kier alpha value is -9.32. The molecule has 354 valence electrons. The van der Waals surface area contributed by atoms with Crippen molar-refractivity contribution in [3.8, 4) is 67.0 Å². The Morgan fingerprint density at radius 1 is 0.184 bits per heavy atom.